The van der Waals surface area contributed by atoms with Crippen LogP contribution in [0.1, 0.15) is 0 Å². The van der Waals surface area contributed by atoms with Gasteiger partial charge in [-0.1, -0.05) is 41.7 Å². The number of nitrogens with zero attached hydrogens (tertiary/aromatic N) is 1. The number of ether oxygens (including phenoxy) is 1. The van der Waals surface area contributed by atoms with Crippen LogP contribution in [0, 0.1) is 0 Å². The van der Waals surface area contributed by atoms with E-state index in [1.807, 2.05) is 30.3 Å². The molecule has 0 atom stereocenters. The van der Waals surface area contributed by atoms with Crippen molar-refractivity contribution >= 4 is 11.3 Å². The number of methoxy groups -OCH3 is 1. The lowest BCUT2D eigenvalue weighted by Gasteiger charge is -1.93. The summed E-state index contributed by atoms with van der Waals surface area (Å²) in [5.41, 5.74) is 0.983. The Balaban J connectivity index is 2.43. The second-order valence-corrected chi connectivity index (χ2v) is 3.68. The van der Waals surface area contributed by atoms with Crippen LogP contribution in [0.15, 0.2) is 30.3 Å². The van der Waals surface area contributed by atoms with Gasteiger partial charge in [0, 0.05) is 5.56 Å². The molecule has 0 saturated carbocycles. The highest BCUT2D eigenvalue weighted by Crippen LogP contribution is 2.37. The van der Waals surface area contributed by atoms with Crippen molar-refractivity contribution in [2.45, 2.75) is 0 Å². The van der Waals surface area contributed by atoms with E-state index in [1.54, 1.807) is 0 Å². The van der Waals surface area contributed by atoms with Gasteiger partial charge in [-0.25, -0.2) is 0 Å². The van der Waals surface area contributed by atoms with E-state index in [1.165, 1.54) is 18.4 Å². The summed E-state index contributed by atoms with van der Waals surface area (Å²) in [5, 5.41) is 10.3. The summed E-state index contributed by atoms with van der Waals surface area (Å²) < 4.78 is 4.90. The predicted molar refractivity (Wildman–Crippen MR) is 55.8 cm³/mol. The standard InChI is InChI=1S/C10H9NO2S/c1-13-8-10(12)14-9(11-8)7-5-3-2-4-6-7/h2-6,12H,1H3. The van der Waals surface area contributed by atoms with E-state index in [0.29, 0.717) is 0 Å². The van der Waals surface area contributed by atoms with Crippen molar-refractivity contribution in [1.82, 2.24) is 4.98 Å². The molecule has 0 spiro atoms. The first-order valence-corrected chi connectivity index (χ1v) is 4.92. The van der Waals surface area contributed by atoms with Gasteiger partial charge in [0.25, 0.3) is 5.88 Å². The number of hydrogen-bond acceptors (Lipinski definition) is 4. The Bertz CT molecular complexity index is 425. The van der Waals surface area contributed by atoms with E-state index in [-0.39, 0.29) is 10.9 Å². The molecule has 1 aromatic heterocycles. The van der Waals surface area contributed by atoms with Gasteiger partial charge in [-0.05, 0) is 0 Å². The first-order valence-electron chi connectivity index (χ1n) is 4.10. The predicted octanol–water partition coefficient (Wildman–Crippen LogP) is 2.52. The quantitative estimate of drug-likeness (QED) is 0.822. The first-order chi connectivity index (χ1) is 6.81. The number of hydrogen-bond donors (Lipinski definition) is 1. The summed E-state index contributed by atoms with van der Waals surface area (Å²) >= 11 is 1.21. The van der Waals surface area contributed by atoms with Crippen molar-refractivity contribution in [2.24, 2.45) is 0 Å². The van der Waals surface area contributed by atoms with E-state index >= 15 is 0 Å². The zero-order valence-electron chi connectivity index (χ0n) is 7.60. The molecule has 0 bridgehead atoms. The van der Waals surface area contributed by atoms with Gasteiger partial charge in [0.2, 0.25) is 5.06 Å². The topological polar surface area (TPSA) is 42.4 Å². The van der Waals surface area contributed by atoms with Crippen LogP contribution in [-0.2, 0) is 0 Å². The number of aromatic nitrogens is 1. The molecule has 0 fully saturated rings. The van der Waals surface area contributed by atoms with Crippen LogP contribution >= 0.6 is 11.3 Å². The SMILES string of the molecule is COc1nc(-c2ccccc2)sc1O. The van der Waals surface area contributed by atoms with Gasteiger partial charge in [-0.15, -0.1) is 0 Å². The van der Waals surface area contributed by atoms with Gasteiger partial charge in [0.1, 0.15) is 5.01 Å². The molecule has 72 valence electrons. The zero-order valence-corrected chi connectivity index (χ0v) is 8.41. The monoisotopic (exact) mass is 207 g/mol. The third-order valence-corrected chi connectivity index (χ3v) is 2.68. The van der Waals surface area contributed by atoms with Crippen LogP contribution in [0.25, 0.3) is 10.6 Å². The van der Waals surface area contributed by atoms with Crippen molar-refractivity contribution in [2.75, 3.05) is 7.11 Å². The molecule has 1 N–H and O–H groups in total. The Morgan fingerprint density at radius 1 is 1.29 bits per heavy atom. The average Bonchev–Trinajstić information content (AvgIpc) is 2.61. The lowest BCUT2D eigenvalue weighted by molar-refractivity contribution is 0.368. The molecule has 4 heteroatoms. The first kappa shape index (κ1) is 9.02. The van der Waals surface area contributed by atoms with E-state index in [9.17, 15) is 5.11 Å². The minimum absolute atomic E-state index is 0.117. The third-order valence-electron chi connectivity index (χ3n) is 1.79. The molecule has 0 aliphatic heterocycles. The summed E-state index contributed by atoms with van der Waals surface area (Å²) in [5.74, 6) is 0.286. The van der Waals surface area contributed by atoms with E-state index in [4.69, 9.17) is 4.74 Å². The van der Waals surface area contributed by atoms with Gasteiger partial charge in [-0.3, -0.25) is 0 Å². The normalized spacial score (nSPS) is 10.1. The van der Waals surface area contributed by atoms with Crippen LogP contribution in [0.3, 0.4) is 0 Å². The third kappa shape index (κ3) is 1.56. The molecule has 1 heterocycles. The van der Waals surface area contributed by atoms with Crippen molar-refractivity contribution in [3.63, 3.8) is 0 Å². The Labute approximate surface area is 85.6 Å². The molecule has 0 radical (unpaired) electrons. The fraction of sp³-hybridized carbons (Fsp3) is 0.100. The molecule has 2 aromatic rings. The van der Waals surface area contributed by atoms with Crippen LogP contribution < -0.4 is 4.74 Å². The van der Waals surface area contributed by atoms with E-state index in [0.717, 1.165) is 10.6 Å². The molecule has 0 aliphatic rings. The molecule has 0 unspecified atom stereocenters. The molecule has 1 aromatic carbocycles. The van der Waals surface area contributed by atoms with E-state index < -0.39 is 0 Å². The average molecular weight is 207 g/mol. The van der Waals surface area contributed by atoms with Gasteiger partial charge < -0.3 is 9.84 Å². The lowest BCUT2D eigenvalue weighted by atomic mass is 10.2. The van der Waals surface area contributed by atoms with Crippen LogP contribution in [0.2, 0.25) is 0 Å². The minimum Gasteiger partial charge on any atom is -0.496 e. The fourth-order valence-corrected chi connectivity index (χ4v) is 1.92. The molecule has 0 saturated heterocycles. The molecule has 0 amide bonds. The highest BCUT2D eigenvalue weighted by atomic mass is 32.1. The maximum Gasteiger partial charge on any atom is 0.269 e. The summed E-state index contributed by atoms with van der Waals surface area (Å²) in [6.07, 6.45) is 0. The highest BCUT2D eigenvalue weighted by molar-refractivity contribution is 7.17. The number of thiazole rings is 1. The van der Waals surface area contributed by atoms with Gasteiger partial charge in [0.05, 0.1) is 7.11 Å². The molecule has 0 aliphatic carbocycles. The number of benzene rings is 1. The minimum atomic E-state index is 0.117. The smallest absolute Gasteiger partial charge is 0.269 e. The largest absolute Gasteiger partial charge is 0.496 e. The molecule has 3 nitrogen and oxygen atoms in total. The number of rotatable bonds is 2. The van der Waals surface area contributed by atoms with Crippen LogP contribution in [0.5, 0.6) is 10.9 Å². The summed E-state index contributed by atoms with van der Waals surface area (Å²) in [6.45, 7) is 0. The number of aromatic hydroxyl groups is 1. The summed E-state index contributed by atoms with van der Waals surface area (Å²) in [6, 6.07) is 9.68. The Morgan fingerprint density at radius 3 is 2.57 bits per heavy atom. The second-order valence-electron chi connectivity index (χ2n) is 2.70. The lowest BCUT2D eigenvalue weighted by Crippen LogP contribution is -1.82. The van der Waals surface area contributed by atoms with Gasteiger partial charge >= 0.3 is 0 Å². The van der Waals surface area contributed by atoms with Gasteiger partial charge in [0.15, 0.2) is 0 Å². The summed E-state index contributed by atoms with van der Waals surface area (Å²) in [4.78, 5) is 4.14. The van der Waals surface area contributed by atoms with Crippen molar-refractivity contribution in [3.8, 4) is 21.5 Å². The maximum absolute atomic E-state index is 9.42. The van der Waals surface area contributed by atoms with Crippen LogP contribution in [0.4, 0.5) is 0 Å². The molecule has 2 rings (SSSR count). The van der Waals surface area contributed by atoms with Crippen molar-refractivity contribution in [3.05, 3.63) is 30.3 Å². The highest BCUT2D eigenvalue weighted by Gasteiger charge is 2.10. The van der Waals surface area contributed by atoms with Crippen molar-refractivity contribution in [1.29, 1.82) is 0 Å². The van der Waals surface area contributed by atoms with Gasteiger partial charge in [-0.2, -0.15) is 4.98 Å². The Hall–Kier alpha value is -1.55. The Morgan fingerprint density at radius 2 is 2.00 bits per heavy atom. The molecular formula is C10H9NO2S. The second kappa shape index (κ2) is 3.67. The summed E-state index contributed by atoms with van der Waals surface area (Å²) in [7, 11) is 1.49. The zero-order chi connectivity index (χ0) is 9.97. The maximum atomic E-state index is 9.42. The fourth-order valence-electron chi connectivity index (χ4n) is 1.14. The van der Waals surface area contributed by atoms with Crippen LogP contribution in [-0.4, -0.2) is 17.2 Å². The molecular weight excluding hydrogens is 198 g/mol. The van der Waals surface area contributed by atoms with E-state index in [2.05, 4.69) is 4.98 Å². The van der Waals surface area contributed by atoms with Crippen molar-refractivity contribution < 1.29 is 9.84 Å². The Kier molecular flexibility index (Phi) is 2.37. The molecule has 14 heavy (non-hydrogen) atoms.